The number of aliphatic hydroxyl groups excluding tert-OH is 1. The molecular weight excluding hydrogens is 304 g/mol. The van der Waals surface area contributed by atoms with Crippen LogP contribution in [-0.2, 0) is 6.54 Å². The number of hydrogen-bond donors (Lipinski definition) is 1. The highest BCUT2D eigenvalue weighted by molar-refractivity contribution is 5.59. The molecule has 1 aromatic heterocycles. The normalized spacial score (nSPS) is 11.9. The van der Waals surface area contributed by atoms with Crippen LogP contribution in [0.15, 0.2) is 66.9 Å². The van der Waals surface area contributed by atoms with E-state index >= 15 is 0 Å². The zero-order chi connectivity index (χ0) is 16.8. The van der Waals surface area contributed by atoms with Crippen molar-refractivity contribution >= 4 is 0 Å². The summed E-state index contributed by atoms with van der Waals surface area (Å²) in [6.45, 7) is 0.602. The minimum atomic E-state index is -0.631. The van der Waals surface area contributed by atoms with Crippen molar-refractivity contribution < 1.29 is 14.6 Å². The van der Waals surface area contributed by atoms with Gasteiger partial charge in [-0.25, -0.2) is 0 Å². The van der Waals surface area contributed by atoms with Crippen molar-refractivity contribution in [3.8, 4) is 22.8 Å². The van der Waals surface area contributed by atoms with E-state index in [0.29, 0.717) is 6.54 Å². The van der Waals surface area contributed by atoms with Gasteiger partial charge >= 0.3 is 0 Å². The Bertz CT molecular complexity index is 754. The van der Waals surface area contributed by atoms with E-state index in [-0.39, 0.29) is 6.61 Å². The third kappa shape index (κ3) is 4.14. The Labute approximate surface area is 141 Å². The first kappa shape index (κ1) is 16.1. The zero-order valence-electron chi connectivity index (χ0n) is 13.5. The van der Waals surface area contributed by atoms with Gasteiger partial charge in [0.25, 0.3) is 0 Å². The molecule has 0 amide bonds. The van der Waals surface area contributed by atoms with E-state index in [9.17, 15) is 5.11 Å². The van der Waals surface area contributed by atoms with Crippen molar-refractivity contribution in [3.05, 3.63) is 66.9 Å². The maximum atomic E-state index is 10.1. The fourth-order valence-corrected chi connectivity index (χ4v) is 2.36. The van der Waals surface area contributed by atoms with E-state index in [1.807, 2.05) is 66.9 Å². The summed E-state index contributed by atoms with van der Waals surface area (Å²) in [4.78, 5) is 0. The lowest BCUT2D eigenvalue weighted by molar-refractivity contribution is 0.0894. The maximum absolute atomic E-state index is 10.1. The molecule has 0 saturated heterocycles. The van der Waals surface area contributed by atoms with Crippen LogP contribution in [-0.4, -0.2) is 34.7 Å². The number of nitrogens with zero attached hydrogens (tertiary/aromatic N) is 2. The van der Waals surface area contributed by atoms with Gasteiger partial charge in [0.1, 0.15) is 24.2 Å². The first-order chi connectivity index (χ1) is 11.7. The summed E-state index contributed by atoms with van der Waals surface area (Å²) >= 11 is 0. The maximum Gasteiger partial charge on any atom is 0.119 e. The number of aliphatic hydroxyl groups is 1. The zero-order valence-corrected chi connectivity index (χ0v) is 13.5. The fourth-order valence-electron chi connectivity index (χ4n) is 2.36. The molecule has 1 unspecified atom stereocenters. The summed E-state index contributed by atoms with van der Waals surface area (Å²) in [5.74, 6) is 1.56. The predicted molar refractivity (Wildman–Crippen MR) is 92.2 cm³/mol. The molecule has 0 bridgehead atoms. The van der Waals surface area contributed by atoms with Gasteiger partial charge in [0.05, 0.1) is 19.3 Å². The van der Waals surface area contributed by atoms with Crippen LogP contribution < -0.4 is 9.47 Å². The Balaban J connectivity index is 1.56. The smallest absolute Gasteiger partial charge is 0.119 e. The van der Waals surface area contributed by atoms with Gasteiger partial charge in [-0.3, -0.25) is 4.68 Å². The SMILES string of the molecule is COc1ccc(-c2ccn(CC(O)COc3ccccc3)n2)cc1. The Morgan fingerprint density at radius 2 is 1.75 bits per heavy atom. The van der Waals surface area contributed by atoms with Crippen LogP contribution in [0.25, 0.3) is 11.3 Å². The van der Waals surface area contributed by atoms with Crippen molar-refractivity contribution in [3.63, 3.8) is 0 Å². The number of ether oxygens (including phenoxy) is 2. The summed E-state index contributed by atoms with van der Waals surface area (Å²) in [5.41, 5.74) is 1.86. The number of methoxy groups -OCH3 is 1. The molecule has 0 fully saturated rings. The molecule has 0 spiro atoms. The molecule has 1 N–H and O–H groups in total. The van der Waals surface area contributed by atoms with Gasteiger partial charge in [0.2, 0.25) is 0 Å². The molecule has 1 atom stereocenters. The molecule has 0 aliphatic carbocycles. The van der Waals surface area contributed by atoms with Gasteiger partial charge in [-0.05, 0) is 42.5 Å². The molecule has 3 aromatic rings. The Morgan fingerprint density at radius 3 is 2.46 bits per heavy atom. The second-order valence-corrected chi connectivity index (χ2v) is 5.43. The second kappa shape index (κ2) is 7.66. The number of benzene rings is 2. The molecule has 0 saturated carbocycles. The van der Waals surface area contributed by atoms with E-state index in [1.165, 1.54) is 0 Å². The highest BCUT2D eigenvalue weighted by Crippen LogP contribution is 2.20. The third-order valence-corrected chi connectivity index (χ3v) is 3.61. The highest BCUT2D eigenvalue weighted by Gasteiger charge is 2.09. The standard InChI is InChI=1S/C19H20N2O3/c1-23-17-9-7-15(8-10-17)19-11-12-21(20-19)13-16(22)14-24-18-5-3-2-4-6-18/h2-12,16,22H,13-14H2,1H3. The summed E-state index contributed by atoms with van der Waals surface area (Å²) in [6.07, 6.45) is 1.22. The Kier molecular flexibility index (Phi) is 5.13. The lowest BCUT2D eigenvalue weighted by Crippen LogP contribution is -2.23. The second-order valence-electron chi connectivity index (χ2n) is 5.43. The average Bonchev–Trinajstić information content (AvgIpc) is 3.09. The molecule has 1 heterocycles. The molecule has 0 aliphatic rings. The van der Waals surface area contributed by atoms with E-state index in [4.69, 9.17) is 9.47 Å². The molecule has 5 nitrogen and oxygen atoms in total. The van der Waals surface area contributed by atoms with Crippen LogP contribution in [0.2, 0.25) is 0 Å². The summed E-state index contributed by atoms with van der Waals surface area (Å²) in [6, 6.07) is 19.1. The van der Waals surface area contributed by atoms with Gasteiger partial charge in [-0.2, -0.15) is 5.10 Å². The summed E-state index contributed by atoms with van der Waals surface area (Å²) in [5, 5.41) is 14.6. The van der Waals surface area contributed by atoms with E-state index in [1.54, 1.807) is 11.8 Å². The lowest BCUT2D eigenvalue weighted by Gasteiger charge is -2.12. The summed E-state index contributed by atoms with van der Waals surface area (Å²) < 4.78 is 12.4. The molecule has 24 heavy (non-hydrogen) atoms. The van der Waals surface area contributed by atoms with Gasteiger partial charge in [-0.1, -0.05) is 18.2 Å². The number of aromatic nitrogens is 2. The minimum absolute atomic E-state index is 0.224. The Hall–Kier alpha value is -2.79. The molecule has 0 aliphatic heterocycles. The van der Waals surface area contributed by atoms with Crippen molar-refractivity contribution in [2.75, 3.05) is 13.7 Å². The van der Waals surface area contributed by atoms with Crippen LogP contribution in [0.1, 0.15) is 0 Å². The van der Waals surface area contributed by atoms with Crippen LogP contribution in [0, 0.1) is 0 Å². The van der Waals surface area contributed by atoms with Crippen molar-refractivity contribution in [2.24, 2.45) is 0 Å². The molecular formula is C19H20N2O3. The van der Waals surface area contributed by atoms with Crippen molar-refractivity contribution in [2.45, 2.75) is 12.6 Å². The van der Waals surface area contributed by atoms with Gasteiger partial charge < -0.3 is 14.6 Å². The monoisotopic (exact) mass is 324 g/mol. The highest BCUT2D eigenvalue weighted by atomic mass is 16.5. The molecule has 2 aromatic carbocycles. The first-order valence-electron chi connectivity index (χ1n) is 7.78. The van der Waals surface area contributed by atoms with Crippen LogP contribution >= 0.6 is 0 Å². The van der Waals surface area contributed by atoms with Crippen LogP contribution in [0.3, 0.4) is 0 Å². The van der Waals surface area contributed by atoms with E-state index < -0.39 is 6.10 Å². The largest absolute Gasteiger partial charge is 0.497 e. The topological polar surface area (TPSA) is 56.5 Å². The van der Waals surface area contributed by atoms with E-state index in [2.05, 4.69) is 5.10 Å². The number of para-hydroxylation sites is 1. The molecule has 5 heteroatoms. The van der Waals surface area contributed by atoms with Crippen molar-refractivity contribution in [1.29, 1.82) is 0 Å². The molecule has 124 valence electrons. The number of hydrogen-bond acceptors (Lipinski definition) is 4. The first-order valence-corrected chi connectivity index (χ1v) is 7.78. The van der Waals surface area contributed by atoms with E-state index in [0.717, 1.165) is 22.8 Å². The van der Waals surface area contributed by atoms with Gasteiger partial charge in [0.15, 0.2) is 0 Å². The quantitative estimate of drug-likeness (QED) is 0.726. The molecule has 0 radical (unpaired) electrons. The lowest BCUT2D eigenvalue weighted by atomic mass is 10.1. The predicted octanol–water partition coefficient (Wildman–Crippen LogP) is 3.00. The van der Waals surface area contributed by atoms with Gasteiger partial charge in [0, 0.05) is 11.8 Å². The fraction of sp³-hybridized carbons (Fsp3) is 0.211. The summed E-state index contributed by atoms with van der Waals surface area (Å²) in [7, 11) is 1.64. The van der Waals surface area contributed by atoms with Crippen molar-refractivity contribution in [1.82, 2.24) is 9.78 Å². The number of rotatable bonds is 7. The minimum Gasteiger partial charge on any atom is -0.497 e. The van der Waals surface area contributed by atoms with Crippen LogP contribution in [0.4, 0.5) is 0 Å². The van der Waals surface area contributed by atoms with Crippen LogP contribution in [0.5, 0.6) is 11.5 Å². The average molecular weight is 324 g/mol. The third-order valence-electron chi connectivity index (χ3n) is 3.61. The van der Waals surface area contributed by atoms with Gasteiger partial charge in [-0.15, -0.1) is 0 Å². The molecule has 3 rings (SSSR count). The Morgan fingerprint density at radius 1 is 1.00 bits per heavy atom.